The van der Waals surface area contributed by atoms with Gasteiger partial charge in [-0.2, -0.15) is 0 Å². The lowest BCUT2D eigenvalue weighted by Crippen LogP contribution is -2.24. The molecular weight excluding hydrogens is 188 g/mol. The highest BCUT2D eigenvalue weighted by Gasteiger charge is 2.17. The van der Waals surface area contributed by atoms with E-state index in [9.17, 15) is 4.79 Å². The summed E-state index contributed by atoms with van der Waals surface area (Å²) in [5.74, 6) is 0.0306. The van der Waals surface area contributed by atoms with Gasteiger partial charge in [-0.25, -0.2) is 0 Å². The number of amides is 1. The third-order valence-electron chi connectivity index (χ3n) is 2.63. The molecule has 1 aliphatic rings. The Balaban J connectivity index is 2.21. The van der Waals surface area contributed by atoms with Gasteiger partial charge in [0, 0.05) is 13.1 Å². The van der Waals surface area contributed by atoms with Crippen LogP contribution >= 0.6 is 0 Å². The first kappa shape index (κ1) is 10.0. The summed E-state index contributed by atoms with van der Waals surface area (Å²) in [5.41, 5.74) is 3.05. The van der Waals surface area contributed by atoms with E-state index in [2.05, 4.69) is 16.7 Å². The van der Waals surface area contributed by atoms with Crippen molar-refractivity contribution in [3.63, 3.8) is 0 Å². The number of carbonyl (C=O) groups is 1. The molecule has 1 heterocycles. The number of carbonyl (C=O) groups excluding carboxylic acids is 1. The second-order valence-electron chi connectivity index (χ2n) is 3.77. The molecule has 0 atom stereocenters. The smallest absolute Gasteiger partial charge is 0.253 e. The van der Waals surface area contributed by atoms with E-state index in [0.717, 1.165) is 37.2 Å². The molecule has 0 fully saturated rings. The molecule has 2 N–H and O–H groups in total. The predicted octanol–water partition coefficient (Wildman–Crippen LogP) is 1.79. The van der Waals surface area contributed by atoms with Crippen LogP contribution < -0.4 is 10.6 Å². The van der Waals surface area contributed by atoms with Gasteiger partial charge < -0.3 is 10.6 Å². The highest BCUT2D eigenvalue weighted by molar-refractivity contribution is 6.00. The highest BCUT2D eigenvalue weighted by atomic mass is 16.1. The van der Waals surface area contributed by atoms with E-state index in [1.807, 2.05) is 19.1 Å². The lowest BCUT2D eigenvalue weighted by molar-refractivity contribution is 0.0954. The molecule has 3 heteroatoms. The SMILES string of the molecule is CCCNC(=O)c1cccc2c1NCC2. The number of nitrogens with one attached hydrogen (secondary N) is 2. The lowest BCUT2D eigenvalue weighted by atomic mass is 10.1. The van der Waals surface area contributed by atoms with E-state index in [4.69, 9.17) is 0 Å². The predicted molar refractivity (Wildman–Crippen MR) is 61.3 cm³/mol. The van der Waals surface area contributed by atoms with Crippen molar-refractivity contribution in [3.05, 3.63) is 29.3 Å². The van der Waals surface area contributed by atoms with Crippen molar-refractivity contribution in [2.75, 3.05) is 18.4 Å². The molecule has 15 heavy (non-hydrogen) atoms. The van der Waals surface area contributed by atoms with Crippen LogP contribution in [0.4, 0.5) is 5.69 Å². The zero-order valence-electron chi connectivity index (χ0n) is 8.97. The van der Waals surface area contributed by atoms with Gasteiger partial charge in [-0.15, -0.1) is 0 Å². The summed E-state index contributed by atoms with van der Waals surface area (Å²) < 4.78 is 0. The van der Waals surface area contributed by atoms with Gasteiger partial charge >= 0.3 is 0 Å². The topological polar surface area (TPSA) is 41.1 Å². The lowest BCUT2D eigenvalue weighted by Gasteiger charge is -2.08. The Morgan fingerprint density at radius 3 is 3.20 bits per heavy atom. The van der Waals surface area contributed by atoms with Crippen LogP contribution in [-0.4, -0.2) is 19.0 Å². The van der Waals surface area contributed by atoms with Crippen molar-refractivity contribution in [2.24, 2.45) is 0 Å². The van der Waals surface area contributed by atoms with Gasteiger partial charge in [0.25, 0.3) is 5.91 Å². The molecule has 0 aliphatic carbocycles. The molecule has 2 rings (SSSR count). The Labute approximate surface area is 89.9 Å². The summed E-state index contributed by atoms with van der Waals surface area (Å²) in [4.78, 5) is 11.8. The third kappa shape index (κ3) is 1.96. The molecule has 80 valence electrons. The van der Waals surface area contributed by atoms with E-state index in [-0.39, 0.29) is 5.91 Å². The Hall–Kier alpha value is -1.51. The Kier molecular flexibility index (Phi) is 2.90. The average Bonchev–Trinajstić information content (AvgIpc) is 2.73. The van der Waals surface area contributed by atoms with Crippen LogP contribution in [0.25, 0.3) is 0 Å². The summed E-state index contributed by atoms with van der Waals surface area (Å²) in [5, 5.41) is 6.16. The van der Waals surface area contributed by atoms with E-state index in [1.54, 1.807) is 0 Å². The van der Waals surface area contributed by atoms with Crippen LogP contribution in [0.3, 0.4) is 0 Å². The molecular formula is C12H16N2O. The average molecular weight is 204 g/mol. The maximum Gasteiger partial charge on any atom is 0.253 e. The fourth-order valence-electron chi connectivity index (χ4n) is 1.86. The van der Waals surface area contributed by atoms with E-state index in [1.165, 1.54) is 5.56 Å². The van der Waals surface area contributed by atoms with Crippen molar-refractivity contribution < 1.29 is 4.79 Å². The van der Waals surface area contributed by atoms with Crippen LogP contribution in [0.2, 0.25) is 0 Å². The van der Waals surface area contributed by atoms with Gasteiger partial charge in [0.15, 0.2) is 0 Å². The molecule has 0 saturated heterocycles. The van der Waals surface area contributed by atoms with Gasteiger partial charge in [0.1, 0.15) is 0 Å². The molecule has 0 radical (unpaired) electrons. The van der Waals surface area contributed by atoms with E-state index >= 15 is 0 Å². The minimum atomic E-state index is 0.0306. The first-order chi connectivity index (χ1) is 7.33. The minimum Gasteiger partial charge on any atom is -0.384 e. The first-order valence-corrected chi connectivity index (χ1v) is 5.47. The van der Waals surface area contributed by atoms with Crippen LogP contribution in [-0.2, 0) is 6.42 Å². The Morgan fingerprint density at radius 2 is 2.40 bits per heavy atom. The zero-order chi connectivity index (χ0) is 10.7. The quantitative estimate of drug-likeness (QED) is 0.788. The van der Waals surface area contributed by atoms with Crippen LogP contribution in [0, 0.1) is 0 Å². The van der Waals surface area contributed by atoms with E-state index < -0.39 is 0 Å². The second-order valence-corrected chi connectivity index (χ2v) is 3.77. The number of benzene rings is 1. The summed E-state index contributed by atoms with van der Waals surface area (Å²) in [6.45, 7) is 3.73. The zero-order valence-corrected chi connectivity index (χ0v) is 8.97. The van der Waals surface area contributed by atoms with Crippen LogP contribution in [0.5, 0.6) is 0 Å². The van der Waals surface area contributed by atoms with Crippen molar-refractivity contribution >= 4 is 11.6 Å². The molecule has 0 bridgehead atoms. The summed E-state index contributed by atoms with van der Waals surface area (Å²) in [6, 6.07) is 5.90. The maximum atomic E-state index is 11.8. The standard InChI is InChI=1S/C12H16N2O/c1-2-7-14-12(15)10-5-3-4-9-6-8-13-11(9)10/h3-5,13H,2,6-8H2,1H3,(H,14,15). The first-order valence-electron chi connectivity index (χ1n) is 5.47. The monoisotopic (exact) mass is 204 g/mol. The largest absolute Gasteiger partial charge is 0.384 e. The van der Waals surface area contributed by atoms with E-state index in [0.29, 0.717) is 0 Å². The number of rotatable bonds is 3. The molecule has 1 amide bonds. The Morgan fingerprint density at radius 1 is 1.53 bits per heavy atom. The fourth-order valence-corrected chi connectivity index (χ4v) is 1.86. The van der Waals surface area contributed by atoms with Gasteiger partial charge in [-0.3, -0.25) is 4.79 Å². The number of hydrogen-bond donors (Lipinski definition) is 2. The molecule has 3 nitrogen and oxygen atoms in total. The number of fused-ring (bicyclic) bond motifs is 1. The van der Waals surface area contributed by atoms with Crippen LogP contribution in [0.1, 0.15) is 29.3 Å². The van der Waals surface area contributed by atoms with Crippen molar-refractivity contribution in [3.8, 4) is 0 Å². The molecule has 0 unspecified atom stereocenters. The van der Waals surface area contributed by atoms with Crippen molar-refractivity contribution in [2.45, 2.75) is 19.8 Å². The molecule has 1 aromatic rings. The van der Waals surface area contributed by atoms with Crippen LogP contribution in [0.15, 0.2) is 18.2 Å². The van der Waals surface area contributed by atoms with Crippen molar-refractivity contribution in [1.82, 2.24) is 5.32 Å². The van der Waals surface area contributed by atoms with Gasteiger partial charge in [-0.05, 0) is 24.5 Å². The second kappa shape index (κ2) is 4.34. The Bertz CT molecular complexity index is 374. The van der Waals surface area contributed by atoms with Gasteiger partial charge in [0.05, 0.1) is 11.3 Å². The normalized spacial score (nSPS) is 13.1. The van der Waals surface area contributed by atoms with Gasteiger partial charge in [0.2, 0.25) is 0 Å². The maximum absolute atomic E-state index is 11.8. The molecule has 1 aliphatic heterocycles. The molecule has 1 aromatic carbocycles. The number of para-hydroxylation sites is 1. The summed E-state index contributed by atoms with van der Waals surface area (Å²) >= 11 is 0. The fraction of sp³-hybridized carbons (Fsp3) is 0.417. The molecule has 0 saturated carbocycles. The minimum absolute atomic E-state index is 0.0306. The molecule has 0 aromatic heterocycles. The summed E-state index contributed by atoms with van der Waals surface area (Å²) in [6.07, 6.45) is 1.98. The third-order valence-corrected chi connectivity index (χ3v) is 2.63. The molecule has 0 spiro atoms. The number of hydrogen-bond acceptors (Lipinski definition) is 2. The highest BCUT2D eigenvalue weighted by Crippen LogP contribution is 2.26. The van der Waals surface area contributed by atoms with Crippen molar-refractivity contribution in [1.29, 1.82) is 0 Å². The number of anilines is 1. The summed E-state index contributed by atoms with van der Waals surface area (Å²) in [7, 11) is 0. The van der Waals surface area contributed by atoms with Gasteiger partial charge in [-0.1, -0.05) is 19.1 Å².